The van der Waals surface area contributed by atoms with E-state index in [0.29, 0.717) is 11.7 Å². The molecule has 1 aromatic carbocycles. The summed E-state index contributed by atoms with van der Waals surface area (Å²) in [5.41, 5.74) is 9.73. The predicted molar refractivity (Wildman–Crippen MR) is 86.1 cm³/mol. The fourth-order valence-corrected chi connectivity index (χ4v) is 3.66. The topological polar surface area (TPSA) is 52.0 Å². The van der Waals surface area contributed by atoms with Gasteiger partial charge in [-0.25, -0.2) is 0 Å². The number of anilines is 1. The molecule has 0 aliphatic heterocycles. The Labute approximate surface area is 126 Å². The molecule has 2 aromatic rings. The molecule has 1 fully saturated rings. The monoisotopic (exact) mass is 284 g/mol. The first-order valence-electron chi connectivity index (χ1n) is 7.82. The van der Waals surface area contributed by atoms with E-state index in [0.717, 1.165) is 23.3 Å². The van der Waals surface area contributed by atoms with E-state index in [1.165, 1.54) is 24.8 Å². The minimum absolute atomic E-state index is 0.238. The van der Waals surface area contributed by atoms with E-state index >= 15 is 0 Å². The summed E-state index contributed by atoms with van der Waals surface area (Å²) < 4.78 is 5.70. The third kappa shape index (κ3) is 2.45. The van der Waals surface area contributed by atoms with Gasteiger partial charge in [0, 0.05) is 5.92 Å². The summed E-state index contributed by atoms with van der Waals surface area (Å²) in [6, 6.07) is 8.31. The lowest BCUT2D eigenvalue weighted by atomic mass is 9.67. The molecule has 3 rings (SSSR count). The summed E-state index contributed by atoms with van der Waals surface area (Å²) in [5, 5.41) is 4.08. The molecule has 0 bridgehead atoms. The highest BCUT2D eigenvalue weighted by Crippen LogP contribution is 2.50. The summed E-state index contributed by atoms with van der Waals surface area (Å²) in [7, 11) is 0. The molecule has 1 atom stereocenters. The third-order valence-corrected chi connectivity index (χ3v) is 4.98. The van der Waals surface area contributed by atoms with Crippen LogP contribution in [0.5, 0.6) is 0 Å². The van der Waals surface area contributed by atoms with Gasteiger partial charge in [-0.2, -0.15) is 0 Å². The van der Waals surface area contributed by atoms with Gasteiger partial charge in [0.25, 0.3) is 0 Å². The van der Waals surface area contributed by atoms with Crippen molar-refractivity contribution in [1.29, 1.82) is 0 Å². The van der Waals surface area contributed by atoms with Crippen molar-refractivity contribution in [2.45, 2.75) is 52.4 Å². The van der Waals surface area contributed by atoms with E-state index in [4.69, 9.17) is 10.3 Å². The highest BCUT2D eigenvalue weighted by atomic mass is 16.5. The van der Waals surface area contributed by atoms with Crippen LogP contribution in [0.4, 0.5) is 5.82 Å². The Hall–Kier alpha value is -1.77. The molecule has 1 aliphatic carbocycles. The van der Waals surface area contributed by atoms with E-state index in [2.05, 4.69) is 38.1 Å². The smallest absolute Gasteiger partial charge is 0.175 e. The van der Waals surface area contributed by atoms with Crippen LogP contribution in [-0.4, -0.2) is 5.16 Å². The predicted octanol–water partition coefficient (Wildman–Crippen LogP) is 4.92. The number of rotatable bonds is 2. The maximum absolute atomic E-state index is 6.13. The lowest BCUT2D eigenvalue weighted by molar-refractivity contribution is 0.169. The van der Waals surface area contributed by atoms with Gasteiger partial charge in [0.05, 0.1) is 5.56 Å². The zero-order chi connectivity index (χ0) is 15.0. The van der Waals surface area contributed by atoms with E-state index in [-0.39, 0.29) is 5.41 Å². The molecule has 0 saturated heterocycles. The molecule has 3 nitrogen and oxygen atoms in total. The lowest BCUT2D eigenvalue weighted by Gasteiger charge is -2.37. The number of hydrogen-bond acceptors (Lipinski definition) is 3. The maximum Gasteiger partial charge on any atom is 0.175 e. The van der Waals surface area contributed by atoms with Crippen molar-refractivity contribution in [2.24, 2.45) is 5.41 Å². The molecular weight excluding hydrogens is 260 g/mol. The summed E-state index contributed by atoms with van der Waals surface area (Å²) in [6.07, 6.45) is 4.93. The van der Waals surface area contributed by atoms with Crippen molar-refractivity contribution in [3.8, 4) is 11.1 Å². The van der Waals surface area contributed by atoms with Gasteiger partial charge in [0.15, 0.2) is 5.82 Å². The minimum atomic E-state index is 0.238. The van der Waals surface area contributed by atoms with Gasteiger partial charge in [0.2, 0.25) is 0 Å². The fraction of sp³-hybridized carbons (Fsp3) is 0.500. The van der Waals surface area contributed by atoms with Crippen LogP contribution in [0, 0.1) is 12.3 Å². The Kier molecular flexibility index (Phi) is 3.52. The third-order valence-electron chi connectivity index (χ3n) is 4.98. The van der Waals surface area contributed by atoms with Crippen molar-refractivity contribution in [1.82, 2.24) is 5.16 Å². The second-order valence-electron chi connectivity index (χ2n) is 6.91. The van der Waals surface area contributed by atoms with E-state index in [1.807, 2.05) is 12.1 Å². The second kappa shape index (κ2) is 5.21. The zero-order valence-electron chi connectivity index (χ0n) is 13.1. The molecule has 0 spiro atoms. The van der Waals surface area contributed by atoms with E-state index in [9.17, 15) is 0 Å². The highest BCUT2D eigenvalue weighted by molar-refractivity contribution is 5.78. The summed E-state index contributed by atoms with van der Waals surface area (Å²) >= 11 is 0. The zero-order valence-corrected chi connectivity index (χ0v) is 13.1. The number of hydrogen-bond donors (Lipinski definition) is 1. The Morgan fingerprint density at radius 1 is 1.24 bits per heavy atom. The molecule has 1 aliphatic rings. The largest absolute Gasteiger partial charge is 0.380 e. The Bertz CT molecular complexity index is 642. The minimum Gasteiger partial charge on any atom is -0.380 e. The van der Waals surface area contributed by atoms with Crippen molar-refractivity contribution < 1.29 is 4.52 Å². The van der Waals surface area contributed by atoms with Crippen LogP contribution < -0.4 is 5.73 Å². The molecular formula is C18H24N2O. The average molecular weight is 284 g/mol. The molecule has 0 radical (unpaired) electrons. The van der Waals surface area contributed by atoms with Crippen LogP contribution >= 0.6 is 0 Å². The van der Waals surface area contributed by atoms with Gasteiger partial charge in [-0.15, -0.1) is 0 Å². The summed E-state index contributed by atoms with van der Waals surface area (Å²) in [6.45, 7) is 6.77. The molecule has 1 saturated carbocycles. The number of nitrogens with zero attached hydrogens (tertiary/aromatic N) is 1. The van der Waals surface area contributed by atoms with Crippen LogP contribution in [0.25, 0.3) is 11.1 Å². The van der Waals surface area contributed by atoms with Crippen LogP contribution in [0.1, 0.15) is 56.8 Å². The Balaban J connectivity index is 2.11. The van der Waals surface area contributed by atoms with Crippen LogP contribution in [-0.2, 0) is 0 Å². The van der Waals surface area contributed by atoms with Gasteiger partial charge >= 0.3 is 0 Å². The fourth-order valence-electron chi connectivity index (χ4n) is 3.66. The first kappa shape index (κ1) is 14.2. The number of nitrogen functional groups attached to an aromatic ring is 1. The van der Waals surface area contributed by atoms with Gasteiger partial charge in [-0.3, -0.25) is 0 Å². The van der Waals surface area contributed by atoms with Crippen LogP contribution in [0.3, 0.4) is 0 Å². The molecule has 1 aromatic heterocycles. The van der Waals surface area contributed by atoms with Crippen LogP contribution in [0.2, 0.25) is 0 Å². The molecule has 21 heavy (non-hydrogen) atoms. The molecule has 3 heteroatoms. The molecule has 0 amide bonds. The molecule has 1 heterocycles. The van der Waals surface area contributed by atoms with Crippen LogP contribution in [0.15, 0.2) is 28.8 Å². The van der Waals surface area contributed by atoms with Gasteiger partial charge in [-0.05, 0) is 36.3 Å². The highest BCUT2D eigenvalue weighted by Gasteiger charge is 2.38. The first-order valence-corrected chi connectivity index (χ1v) is 7.82. The quantitative estimate of drug-likeness (QED) is 0.852. The first-order chi connectivity index (χ1) is 10.0. The summed E-state index contributed by atoms with van der Waals surface area (Å²) in [5.74, 6) is 1.89. The van der Waals surface area contributed by atoms with E-state index in [1.54, 1.807) is 0 Å². The van der Waals surface area contributed by atoms with Crippen molar-refractivity contribution in [2.75, 3.05) is 5.73 Å². The van der Waals surface area contributed by atoms with Gasteiger partial charge < -0.3 is 10.3 Å². The standard InChI is InChI=1S/C18H24N2O/c1-12-8-4-5-9-13(12)15-16(21-20-17(15)19)14-10-6-7-11-18(14,2)3/h4-5,8-9,14H,6-7,10-11H2,1-3H3,(H2,19,20). The average Bonchev–Trinajstić information content (AvgIpc) is 2.80. The molecule has 1 unspecified atom stereocenters. The summed E-state index contributed by atoms with van der Waals surface area (Å²) in [4.78, 5) is 0. The molecule has 112 valence electrons. The number of aryl methyl sites for hydroxylation is 1. The number of nitrogens with two attached hydrogens (primary N) is 1. The normalized spacial score (nSPS) is 21.4. The Morgan fingerprint density at radius 2 is 2.00 bits per heavy atom. The van der Waals surface area contributed by atoms with Gasteiger partial charge in [0.1, 0.15) is 5.76 Å². The number of benzene rings is 1. The number of aromatic nitrogens is 1. The molecule has 2 N–H and O–H groups in total. The van der Waals surface area contributed by atoms with E-state index < -0.39 is 0 Å². The Morgan fingerprint density at radius 3 is 2.71 bits per heavy atom. The maximum atomic E-state index is 6.13. The van der Waals surface area contributed by atoms with Gasteiger partial charge in [-0.1, -0.05) is 56.1 Å². The lowest BCUT2D eigenvalue weighted by Crippen LogP contribution is -2.26. The SMILES string of the molecule is Cc1ccccc1-c1c(N)noc1C1CCCCC1(C)C. The van der Waals surface area contributed by atoms with Crippen molar-refractivity contribution in [3.05, 3.63) is 35.6 Å². The second-order valence-corrected chi connectivity index (χ2v) is 6.91. The van der Waals surface area contributed by atoms with Crippen molar-refractivity contribution >= 4 is 5.82 Å². The van der Waals surface area contributed by atoms with Crippen molar-refractivity contribution in [3.63, 3.8) is 0 Å².